The van der Waals surface area contributed by atoms with Gasteiger partial charge in [0.25, 0.3) is 0 Å². The predicted molar refractivity (Wildman–Crippen MR) is 85.0 cm³/mol. The molecule has 1 aliphatic rings. The molecule has 1 aromatic carbocycles. The zero-order valence-corrected chi connectivity index (χ0v) is 12.9. The van der Waals surface area contributed by atoms with E-state index < -0.39 is 5.97 Å². The summed E-state index contributed by atoms with van der Waals surface area (Å²) in [6, 6.07) is 7.40. The van der Waals surface area contributed by atoms with Crippen LogP contribution in [-0.2, 0) is 9.53 Å². The van der Waals surface area contributed by atoms with Crippen molar-refractivity contribution in [2.45, 2.75) is 20.8 Å². The lowest BCUT2D eigenvalue weighted by Crippen LogP contribution is -2.13. The van der Waals surface area contributed by atoms with E-state index in [1.54, 1.807) is 19.9 Å². The Hall–Kier alpha value is -2.56. The number of aliphatic hydroxyl groups is 1. The van der Waals surface area contributed by atoms with Gasteiger partial charge in [-0.25, -0.2) is 9.79 Å². The van der Waals surface area contributed by atoms with Crippen LogP contribution in [0.2, 0.25) is 0 Å². The van der Waals surface area contributed by atoms with Crippen LogP contribution in [0.1, 0.15) is 26.3 Å². The number of rotatable bonds is 5. The highest BCUT2D eigenvalue weighted by atomic mass is 16.5. The van der Waals surface area contributed by atoms with Crippen LogP contribution < -0.4 is 4.74 Å². The summed E-state index contributed by atoms with van der Waals surface area (Å²) in [6.07, 6.45) is 1.71. The smallest absolute Gasteiger partial charge is 0.343 e. The molecule has 5 nitrogen and oxygen atoms in total. The van der Waals surface area contributed by atoms with Crippen molar-refractivity contribution in [3.63, 3.8) is 0 Å². The maximum Gasteiger partial charge on any atom is 0.343 e. The van der Waals surface area contributed by atoms with Crippen LogP contribution in [0.3, 0.4) is 0 Å². The van der Waals surface area contributed by atoms with Gasteiger partial charge in [-0.1, -0.05) is 12.1 Å². The Morgan fingerprint density at radius 3 is 2.50 bits per heavy atom. The summed E-state index contributed by atoms with van der Waals surface area (Å²) < 4.78 is 10.3. The number of benzene rings is 1. The summed E-state index contributed by atoms with van der Waals surface area (Å²) in [5.74, 6) is 0.0731. The van der Waals surface area contributed by atoms with Crippen molar-refractivity contribution in [3.05, 3.63) is 46.9 Å². The Kier molecular flexibility index (Phi) is 4.99. The monoisotopic (exact) mass is 301 g/mol. The second-order valence-corrected chi connectivity index (χ2v) is 4.67. The van der Waals surface area contributed by atoms with Gasteiger partial charge in [0.2, 0.25) is 0 Å². The third kappa shape index (κ3) is 3.36. The number of ether oxygens (including phenoxy) is 2. The molecule has 0 bridgehead atoms. The lowest BCUT2D eigenvalue weighted by molar-refractivity contribution is -0.138. The topological polar surface area (TPSA) is 68.1 Å². The van der Waals surface area contributed by atoms with E-state index in [1.165, 1.54) is 0 Å². The van der Waals surface area contributed by atoms with Gasteiger partial charge in [-0.15, -0.1) is 0 Å². The molecule has 2 rings (SSSR count). The van der Waals surface area contributed by atoms with Crippen LogP contribution in [-0.4, -0.2) is 30.0 Å². The van der Waals surface area contributed by atoms with E-state index in [9.17, 15) is 9.90 Å². The molecule has 116 valence electrons. The Bertz CT molecular complexity index is 654. The molecule has 0 amide bonds. The third-order valence-corrected chi connectivity index (χ3v) is 3.10. The van der Waals surface area contributed by atoms with E-state index in [1.807, 2.05) is 31.2 Å². The van der Waals surface area contributed by atoms with Gasteiger partial charge in [0.15, 0.2) is 5.76 Å². The standard InChI is InChI=1S/C17H19NO4/c1-4-21-13-8-6-12(7-9-13)10-14-16(19)15(11(3)18-14)17(20)22-5-2/h6-10,19H,4-5H2,1-3H3. The van der Waals surface area contributed by atoms with E-state index in [0.29, 0.717) is 18.0 Å². The average molecular weight is 301 g/mol. The van der Waals surface area contributed by atoms with Crippen LogP contribution >= 0.6 is 0 Å². The highest BCUT2D eigenvalue weighted by Gasteiger charge is 2.27. The van der Waals surface area contributed by atoms with Gasteiger partial charge < -0.3 is 14.6 Å². The first-order valence-corrected chi connectivity index (χ1v) is 7.17. The first-order valence-electron chi connectivity index (χ1n) is 7.17. The lowest BCUT2D eigenvalue weighted by atomic mass is 10.1. The Morgan fingerprint density at radius 1 is 1.23 bits per heavy atom. The molecule has 0 aliphatic carbocycles. The van der Waals surface area contributed by atoms with Crippen LogP contribution in [0.15, 0.2) is 46.3 Å². The number of nitrogens with zero attached hydrogens (tertiary/aromatic N) is 1. The SMILES string of the molecule is CCOC(=O)C1=C(O)C(=Cc2ccc(OCC)cc2)N=C1C. The highest BCUT2D eigenvalue weighted by Crippen LogP contribution is 2.26. The maximum absolute atomic E-state index is 11.8. The first-order chi connectivity index (χ1) is 10.6. The van der Waals surface area contributed by atoms with Crippen molar-refractivity contribution in [2.75, 3.05) is 13.2 Å². The predicted octanol–water partition coefficient (Wildman–Crippen LogP) is 3.28. The normalized spacial score (nSPS) is 16.0. The summed E-state index contributed by atoms with van der Waals surface area (Å²) in [5.41, 5.74) is 1.78. The summed E-state index contributed by atoms with van der Waals surface area (Å²) in [5, 5.41) is 10.2. The number of aliphatic hydroxyl groups excluding tert-OH is 1. The van der Waals surface area contributed by atoms with Crippen LogP contribution in [0, 0.1) is 0 Å². The fourth-order valence-electron chi connectivity index (χ4n) is 2.12. The number of hydrogen-bond donors (Lipinski definition) is 1. The van der Waals surface area contributed by atoms with Crippen LogP contribution in [0.5, 0.6) is 5.75 Å². The molecule has 0 spiro atoms. The maximum atomic E-state index is 11.8. The minimum Gasteiger partial charge on any atom is -0.505 e. The largest absolute Gasteiger partial charge is 0.505 e. The molecule has 1 heterocycles. The second kappa shape index (κ2) is 6.93. The zero-order valence-electron chi connectivity index (χ0n) is 12.9. The molecule has 1 N–H and O–H groups in total. The Morgan fingerprint density at radius 2 is 1.91 bits per heavy atom. The molecule has 1 aliphatic heterocycles. The molecular formula is C17H19NO4. The fourth-order valence-corrected chi connectivity index (χ4v) is 2.12. The molecule has 0 saturated carbocycles. The molecule has 0 unspecified atom stereocenters. The summed E-state index contributed by atoms with van der Waals surface area (Å²) in [6.45, 7) is 6.16. The molecule has 1 aromatic rings. The van der Waals surface area contributed by atoms with Crippen molar-refractivity contribution in [1.82, 2.24) is 0 Å². The van der Waals surface area contributed by atoms with Crippen molar-refractivity contribution in [3.8, 4) is 5.75 Å². The second-order valence-electron chi connectivity index (χ2n) is 4.67. The van der Waals surface area contributed by atoms with Gasteiger partial charge in [-0.3, -0.25) is 0 Å². The molecule has 0 radical (unpaired) electrons. The number of aliphatic imine (C=N–C) groups is 1. The molecule has 0 aromatic heterocycles. The number of hydrogen-bond acceptors (Lipinski definition) is 5. The van der Waals surface area contributed by atoms with Gasteiger partial charge in [0, 0.05) is 0 Å². The number of esters is 1. The molecule has 22 heavy (non-hydrogen) atoms. The molecule has 0 saturated heterocycles. The van der Waals surface area contributed by atoms with E-state index >= 15 is 0 Å². The van der Waals surface area contributed by atoms with E-state index in [-0.39, 0.29) is 17.9 Å². The average Bonchev–Trinajstić information content (AvgIpc) is 2.76. The quantitative estimate of drug-likeness (QED) is 0.847. The van der Waals surface area contributed by atoms with E-state index in [2.05, 4.69) is 4.99 Å². The van der Waals surface area contributed by atoms with Crippen LogP contribution in [0.25, 0.3) is 6.08 Å². The minimum atomic E-state index is -0.559. The van der Waals surface area contributed by atoms with Gasteiger partial charge in [-0.2, -0.15) is 0 Å². The highest BCUT2D eigenvalue weighted by molar-refractivity contribution is 6.22. The summed E-state index contributed by atoms with van der Waals surface area (Å²) in [7, 11) is 0. The molecule has 0 fully saturated rings. The molecule has 5 heteroatoms. The molecular weight excluding hydrogens is 282 g/mol. The first kappa shape index (κ1) is 15.8. The van der Waals surface area contributed by atoms with Gasteiger partial charge >= 0.3 is 5.97 Å². The number of carbonyl (C=O) groups excluding carboxylic acids is 1. The van der Waals surface area contributed by atoms with E-state index in [0.717, 1.165) is 11.3 Å². The van der Waals surface area contributed by atoms with Crippen molar-refractivity contribution in [2.24, 2.45) is 4.99 Å². The Balaban J connectivity index is 2.27. The number of carbonyl (C=O) groups is 1. The van der Waals surface area contributed by atoms with Crippen LogP contribution in [0.4, 0.5) is 0 Å². The van der Waals surface area contributed by atoms with Gasteiger partial charge in [0.05, 0.1) is 18.9 Å². The third-order valence-electron chi connectivity index (χ3n) is 3.10. The zero-order chi connectivity index (χ0) is 16.1. The van der Waals surface area contributed by atoms with E-state index in [4.69, 9.17) is 9.47 Å². The Labute approximate surface area is 129 Å². The van der Waals surface area contributed by atoms with Crippen molar-refractivity contribution < 1.29 is 19.4 Å². The van der Waals surface area contributed by atoms with Crippen molar-refractivity contribution in [1.29, 1.82) is 0 Å². The lowest BCUT2D eigenvalue weighted by Gasteiger charge is -2.03. The van der Waals surface area contributed by atoms with Crippen molar-refractivity contribution >= 4 is 17.8 Å². The molecule has 0 atom stereocenters. The summed E-state index contributed by atoms with van der Waals surface area (Å²) >= 11 is 0. The summed E-state index contributed by atoms with van der Waals surface area (Å²) in [4.78, 5) is 16.0. The van der Waals surface area contributed by atoms with Gasteiger partial charge in [0.1, 0.15) is 17.0 Å². The minimum absolute atomic E-state index is 0.124. The fraction of sp³-hybridized carbons (Fsp3) is 0.294. The van der Waals surface area contributed by atoms with Gasteiger partial charge in [-0.05, 0) is 44.5 Å².